The van der Waals surface area contributed by atoms with E-state index in [2.05, 4.69) is 23.0 Å². The Hall–Kier alpha value is -2.58. The maximum Gasteiger partial charge on any atom is 0.235 e. The fourth-order valence-corrected chi connectivity index (χ4v) is 2.51. The molecule has 22 heavy (non-hydrogen) atoms. The van der Waals surface area contributed by atoms with Gasteiger partial charge < -0.3 is 14.2 Å². The van der Waals surface area contributed by atoms with Crippen LogP contribution in [0.4, 0.5) is 5.88 Å². The smallest absolute Gasteiger partial charge is 0.235 e. The second-order valence-corrected chi connectivity index (χ2v) is 5.51. The first-order valence-electron chi connectivity index (χ1n) is 7.46. The first-order valence-corrected chi connectivity index (χ1v) is 7.46. The molecule has 0 unspecified atom stereocenters. The van der Waals surface area contributed by atoms with Gasteiger partial charge in [-0.25, -0.2) is 0 Å². The molecule has 1 aromatic carbocycles. The van der Waals surface area contributed by atoms with Crippen molar-refractivity contribution in [2.24, 2.45) is 0 Å². The zero-order chi connectivity index (χ0) is 15.4. The van der Waals surface area contributed by atoms with Crippen molar-refractivity contribution in [1.82, 2.24) is 4.98 Å². The molecule has 5 heteroatoms. The van der Waals surface area contributed by atoms with Crippen molar-refractivity contribution in [3.05, 3.63) is 47.5 Å². The Kier molecular flexibility index (Phi) is 4.22. The van der Waals surface area contributed by atoms with Gasteiger partial charge in [-0.2, -0.15) is 10.2 Å². The molecule has 1 N–H and O–H groups in total. The van der Waals surface area contributed by atoms with E-state index < -0.39 is 0 Å². The van der Waals surface area contributed by atoms with E-state index >= 15 is 0 Å². The maximum atomic E-state index is 9.27. The highest BCUT2D eigenvalue weighted by atomic mass is 16.4. The van der Waals surface area contributed by atoms with Gasteiger partial charge in [-0.05, 0) is 11.6 Å². The number of anilines is 1. The molecule has 0 saturated carbocycles. The van der Waals surface area contributed by atoms with Crippen molar-refractivity contribution in [2.75, 3.05) is 38.1 Å². The van der Waals surface area contributed by atoms with Crippen molar-refractivity contribution >= 4 is 18.0 Å². The Morgan fingerprint density at radius 1 is 1.23 bits per heavy atom. The Morgan fingerprint density at radius 3 is 2.64 bits per heavy atom. The first kappa shape index (κ1) is 14.4. The summed E-state index contributed by atoms with van der Waals surface area (Å²) in [5.41, 5.74) is 1.44. The van der Waals surface area contributed by atoms with Gasteiger partial charge in [0, 0.05) is 6.08 Å². The van der Waals surface area contributed by atoms with Gasteiger partial charge in [0.25, 0.3) is 0 Å². The SMILES string of the molecule is C[NH+]1CCN(c2oc(/C=C/c3ccccc3)nc2C#N)CC1. The van der Waals surface area contributed by atoms with E-state index in [-0.39, 0.29) is 0 Å². The minimum atomic E-state index is 0.368. The van der Waals surface area contributed by atoms with Crippen molar-refractivity contribution < 1.29 is 9.32 Å². The monoisotopic (exact) mass is 295 g/mol. The molecular formula is C17H19N4O+. The molecule has 5 nitrogen and oxygen atoms in total. The number of quaternary nitrogens is 1. The number of oxazole rings is 1. The topological polar surface area (TPSA) is 57.5 Å². The average molecular weight is 295 g/mol. The van der Waals surface area contributed by atoms with Gasteiger partial charge in [-0.15, -0.1) is 0 Å². The summed E-state index contributed by atoms with van der Waals surface area (Å²) in [6.07, 6.45) is 3.74. The van der Waals surface area contributed by atoms with Crippen LogP contribution in [0, 0.1) is 11.3 Å². The predicted molar refractivity (Wildman–Crippen MR) is 85.4 cm³/mol. The largest absolute Gasteiger partial charge is 0.420 e. The molecular weight excluding hydrogens is 276 g/mol. The fourth-order valence-electron chi connectivity index (χ4n) is 2.51. The lowest BCUT2D eigenvalue weighted by Crippen LogP contribution is -3.12. The van der Waals surface area contributed by atoms with Crippen LogP contribution in [0.3, 0.4) is 0 Å². The molecule has 0 radical (unpaired) electrons. The van der Waals surface area contributed by atoms with E-state index in [0.29, 0.717) is 17.5 Å². The standard InChI is InChI=1S/C17H18N4O/c1-20-9-11-21(12-10-20)17-15(13-18)19-16(22-17)8-7-14-5-3-2-4-6-14/h2-8H,9-12H2,1H3/p+1/b8-7+. The third-order valence-corrected chi connectivity index (χ3v) is 3.85. The minimum Gasteiger partial charge on any atom is -0.420 e. The highest BCUT2D eigenvalue weighted by molar-refractivity contribution is 5.67. The Morgan fingerprint density at radius 2 is 1.95 bits per heavy atom. The quantitative estimate of drug-likeness (QED) is 0.919. The third kappa shape index (κ3) is 3.18. The number of hydrogen-bond acceptors (Lipinski definition) is 4. The lowest BCUT2D eigenvalue weighted by molar-refractivity contribution is -0.880. The second-order valence-electron chi connectivity index (χ2n) is 5.51. The summed E-state index contributed by atoms with van der Waals surface area (Å²) in [6, 6.07) is 12.1. The third-order valence-electron chi connectivity index (χ3n) is 3.85. The number of nitrogens with one attached hydrogen (secondary N) is 1. The van der Waals surface area contributed by atoms with Crippen LogP contribution in [0.5, 0.6) is 0 Å². The molecule has 1 saturated heterocycles. The minimum absolute atomic E-state index is 0.368. The van der Waals surface area contributed by atoms with Gasteiger partial charge in [-0.1, -0.05) is 30.3 Å². The van der Waals surface area contributed by atoms with E-state index in [4.69, 9.17) is 4.42 Å². The summed E-state index contributed by atoms with van der Waals surface area (Å²) < 4.78 is 5.80. The predicted octanol–water partition coefficient (Wildman–Crippen LogP) is 1.05. The molecule has 2 aromatic rings. The summed E-state index contributed by atoms with van der Waals surface area (Å²) in [7, 11) is 2.18. The Bertz CT molecular complexity index is 691. The van der Waals surface area contributed by atoms with Gasteiger partial charge in [0.2, 0.25) is 17.5 Å². The number of nitrogens with zero attached hydrogens (tertiary/aromatic N) is 3. The average Bonchev–Trinajstić information content (AvgIpc) is 2.98. The molecule has 1 aliphatic rings. The highest BCUT2D eigenvalue weighted by Gasteiger charge is 2.23. The van der Waals surface area contributed by atoms with Gasteiger partial charge in [0.1, 0.15) is 6.07 Å². The lowest BCUT2D eigenvalue weighted by Gasteiger charge is -2.29. The summed E-state index contributed by atoms with van der Waals surface area (Å²) in [6.45, 7) is 3.86. The van der Waals surface area contributed by atoms with Gasteiger partial charge >= 0.3 is 0 Å². The van der Waals surface area contributed by atoms with E-state index in [1.807, 2.05) is 36.4 Å². The molecule has 1 aromatic heterocycles. The number of likely N-dealkylation sites (N-methyl/N-ethyl adjacent to an activating group) is 1. The summed E-state index contributed by atoms with van der Waals surface area (Å²) in [5, 5.41) is 9.27. The second kappa shape index (κ2) is 6.46. The van der Waals surface area contributed by atoms with E-state index in [1.54, 1.807) is 6.08 Å². The van der Waals surface area contributed by atoms with Crippen LogP contribution in [0.2, 0.25) is 0 Å². The van der Waals surface area contributed by atoms with Crippen LogP contribution in [0.25, 0.3) is 12.2 Å². The molecule has 0 amide bonds. The van der Waals surface area contributed by atoms with E-state index in [9.17, 15) is 5.26 Å². The van der Waals surface area contributed by atoms with Crippen LogP contribution in [-0.4, -0.2) is 38.2 Å². The van der Waals surface area contributed by atoms with Crippen molar-refractivity contribution in [3.63, 3.8) is 0 Å². The number of hydrogen-bond donors (Lipinski definition) is 1. The van der Waals surface area contributed by atoms with Crippen LogP contribution >= 0.6 is 0 Å². The lowest BCUT2D eigenvalue weighted by atomic mass is 10.2. The van der Waals surface area contributed by atoms with Crippen LogP contribution in [-0.2, 0) is 0 Å². The normalized spacial score (nSPS) is 16.1. The fraction of sp³-hybridized carbons (Fsp3) is 0.294. The van der Waals surface area contributed by atoms with Crippen molar-refractivity contribution in [1.29, 1.82) is 5.26 Å². The molecule has 2 heterocycles. The van der Waals surface area contributed by atoms with Gasteiger partial charge in [0.15, 0.2) is 0 Å². The molecule has 1 aliphatic heterocycles. The van der Waals surface area contributed by atoms with E-state index in [0.717, 1.165) is 31.7 Å². The Balaban J connectivity index is 1.80. The van der Waals surface area contributed by atoms with Crippen LogP contribution < -0.4 is 9.80 Å². The van der Waals surface area contributed by atoms with Gasteiger partial charge in [0.05, 0.1) is 33.2 Å². The van der Waals surface area contributed by atoms with Crippen molar-refractivity contribution in [2.45, 2.75) is 0 Å². The molecule has 0 aliphatic carbocycles. The summed E-state index contributed by atoms with van der Waals surface area (Å²) >= 11 is 0. The number of nitriles is 1. The molecule has 0 spiro atoms. The summed E-state index contributed by atoms with van der Waals surface area (Å²) in [4.78, 5) is 7.88. The van der Waals surface area contributed by atoms with Crippen LogP contribution in [0.1, 0.15) is 17.1 Å². The number of benzene rings is 1. The molecule has 112 valence electrons. The first-order chi connectivity index (χ1) is 10.8. The highest BCUT2D eigenvalue weighted by Crippen LogP contribution is 2.22. The number of rotatable bonds is 3. The maximum absolute atomic E-state index is 9.27. The molecule has 0 bridgehead atoms. The molecule has 1 fully saturated rings. The molecule has 0 atom stereocenters. The van der Waals surface area contributed by atoms with Gasteiger partial charge in [-0.3, -0.25) is 0 Å². The number of aromatic nitrogens is 1. The zero-order valence-corrected chi connectivity index (χ0v) is 12.6. The zero-order valence-electron chi connectivity index (χ0n) is 12.6. The summed E-state index contributed by atoms with van der Waals surface area (Å²) in [5.74, 6) is 1.07. The number of piperazine rings is 1. The van der Waals surface area contributed by atoms with E-state index in [1.165, 1.54) is 4.90 Å². The van der Waals surface area contributed by atoms with Crippen molar-refractivity contribution in [3.8, 4) is 6.07 Å². The van der Waals surface area contributed by atoms with Crippen LogP contribution in [0.15, 0.2) is 34.7 Å². The molecule has 3 rings (SSSR count). The Labute approximate surface area is 130 Å².